The summed E-state index contributed by atoms with van der Waals surface area (Å²) in [5.41, 5.74) is 3.67. The van der Waals surface area contributed by atoms with E-state index in [4.69, 9.17) is 5.11 Å². The smallest absolute Gasteiger partial charge is 0.0837 e. The Morgan fingerprint density at radius 3 is 2.33 bits per heavy atom. The predicted octanol–water partition coefficient (Wildman–Crippen LogP) is -1.00. The largest absolute Gasteiger partial charge is 0.396 e. The van der Waals surface area contributed by atoms with Crippen LogP contribution in [0.2, 0.25) is 0 Å². The molecule has 0 rings (SSSR count). The van der Waals surface area contributed by atoms with Crippen molar-refractivity contribution in [1.29, 1.82) is 0 Å². The van der Waals surface area contributed by atoms with Gasteiger partial charge in [-0.1, -0.05) is 0 Å². The molecule has 0 radical (unpaired) electrons. The third-order valence-electron chi connectivity index (χ3n) is 0.622. The lowest BCUT2D eigenvalue weighted by Gasteiger charge is -1.92. The first-order valence-electron chi connectivity index (χ1n) is 2.21. The summed E-state index contributed by atoms with van der Waals surface area (Å²) in [6, 6.07) is 0.398. The molecule has 6 heavy (non-hydrogen) atoms. The fourth-order valence-electron chi connectivity index (χ4n) is 0.220. The van der Waals surface area contributed by atoms with Gasteiger partial charge in [0.25, 0.3) is 0 Å². The van der Waals surface area contributed by atoms with Gasteiger partial charge in [-0.05, 0) is 6.92 Å². The fourth-order valence-corrected chi connectivity index (χ4v) is 0.220. The lowest BCUT2D eigenvalue weighted by atomic mass is 10.3. The van der Waals surface area contributed by atoms with Gasteiger partial charge in [0.2, 0.25) is 0 Å². The van der Waals surface area contributed by atoms with E-state index in [-0.39, 0.29) is 6.61 Å². The van der Waals surface area contributed by atoms with Gasteiger partial charge in [-0.3, -0.25) is 0 Å². The summed E-state index contributed by atoms with van der Waals surface area (Å²) >= 11 is 0. The molecule has 0 saturated carbocycles. The number of hydrogen-bond donors (Lipinski definition) is 2. The second-order valence-corrected chi connectivity index (χ2v) is 1.62. The highest BCUT2D eigenvalue weighted by Gasteiger charge is 1.90. The van der Waals surface area contributed by atoms with Crippen molar-refractivity contribution in [2.45, 2.75) is 19.4 Å². The number of rotatable bonds is 2. The molecule has 0 saturated heterocycles. The van der Waals surface area contributed by atoms with Crippen LogP contribution in [0.25, 0.3) is 0 Å². The second-order valence-electron chi connectivity index (χ2n) is 1.62. The van der Waals surface area contributed by atoms with Crippen LogP contribution >= 0.6 is 0 Å². The summed E-state index contributed by atoms with van der Waals surface area (Å²) in [6.07, 6.45) is 0.819. The molecule has 0 aromatic rings. The van der Waals surface area contributed by atoms with E-state index in [0.717, 1.165) is 6.42 Å². The van der Waals surface area contributed by atoms with E-state index in [1.807, 2.05) is 6.92 Å². The molecule has 0 aliphatic heterocycles. The zero-order chi connectivity index (χ0) is 4.99. The van der Waals surface area contributed by atoms with Crippen molar-refractivity contribution in [2.24, 2.45) is 0 Å². The van der Waals surface area contributed by atoms with Crippen LogP contribution in [0.15, 0.2) is 0 Å². The maximum Gasteiger partial charge on any atom is 0.0837 e. The molecule has 0 amide bonds. The molecule has 0 aliphatic carbocycles. The lowest BCUT2D eigenvalue weighted by Crippen LogP contribution is -2.59. The van der Waals surface area contributed by atoms with E-state index < -0.39 is 0 Å². The van der Waals surface area contributed by atoms with E-state index in [0.29, 0.717) is 6.04 Å². The average Bonchev–Trinajstić information content (AvgIpc) is 1.35. The van der Waals surface area contributed by atoms with E-state index in [1.54, 1.807) is 0 Å². The Bertz CT molecular complexity index is 28.7. The summed E-state index contributed by atoms with van der Waals surface area (Å²) in [7, 11) is 0. The van der Waals surface area contributed by atoms with Crippen LogP contribution in [-0.2, 0) is 0 Å². The van der Waals surface area contributed by atoms with Gasteiger partial charge in [0.15, 0.2) is 0 Å². The molecule has 1 unspecified atom stereocenters. The molecule has 0 fully saturated rings. The topological polar surface area (TPSA) is 47.9 Å². The summed E-state index contributed by atoms with van der Waals surface area (Å²) in [4.78, 5) is 0. The van der Waals surface area contributed by atoms with Crippen LogP contribution in [-0.4, -0.2) is 17.8 Å². The summed E-state index contributed by atoms with van der Waals surface area (Å²) < 4.78 is 0. The molecular formula is C4H12NO+. The monoisotopic (exact) mass is 90.1 g/mol. The number of aliphatic hydroxyl groups excluding tert-OH is 1. The SMILES string of the molecule is CC([NH3+])CCO. The second kappa shape index (κ2) is 3.12. The van der Waals surface area contributed by atoms with Gasteiger partial charge < -0.3 is 10.8 Å². The molecule has 0 aliphatic rings. The standard InChI is InChI=1S/C4H11NO/c1-4(5)2-3-6/h4,6H,2-3,5H2,1H3/p+1. The zero-order valence-corrected chi connectivity index (χ0v) is 4.15. The molecule has 2 heteroatoms. The van der Waals surface area contributed by atoms with Crippen LogP contribution in [0.5, 0.6) is 0 Å². The highest BCUT2D eigenvalue weighted by atomic mass is 16.3. The van der Waals surface area contributed by atoms with Crippen molar-refractivity contribution in [3.05, 3.63) is 0 Å². The van der Waals surface area contributed by atoms with Gasteiger partial charge >= 0.3 is 0 Å². The van der Waals surface area contributed by atoms with Gasteiger partial charge in [0.1, 0.15) is 0 Å². The first-order valence-corrected chi connectivity index (χ1v) is 2.21. The van der Waals surface area contributed by atoms with Gasteiger partial charge in [-0.25, -0.2) is 0 Å². The van der Waals surface area contributed by atoms with Crippen LogP contribution in [0, 0.1) is 0 Å². The highest BCUT2D eigenvalue weighted by Crippen LogP contribution is 1.76. The van der Waals surface area contributed by atoms with Gasteiger partial charge in [-0.2, -0.15) is 0 Å². The number of hydrogen-bond acceptors (Lipinski definition) is 1. The molecule has 4 N–H and O–H groups in total. The van der Waals surface area contributed by atoms with Gasteiger partial charge in [0, 0.05) is 13.0 Å². The number of quaternary nitrogens is 1. The first kappa shape index (κ1) is 5.92. The number of aliphatic hydroxyl groups is 1. The molecule has 0 heterocycles. The Labute approximate surface area is 38.0 Å². The molecule has 0 aromatic heterocycles. The maximum absolute atomic E-state index is 8.20. The van der Waals surface area contributed by atoms with Crippen LogP contribution in [0.1, 0.15) is 13.3 Å². The molecule has 2 nitrogen and oxygen atoms in total. The Hall–Kier alpha value is -0.0800. The van der Waals surface area contributed by atoms with Crippen molar-refractivity contribution >= 4 is 0 Å². The third kappa shape index (κ3) is 3.92. The fraction of sp³-hybridized carbons (Fsp3) is 1.00. The highest BCUT2D eigenvalue weighted by molar-refractivity contribution is 4.38. The van der Waals surface area contributed by atoms with Crippen molar-refractivity contribution in [3.8, 4) is 0 Å². The molecule has 38 valence electrons. The van der Waals surface area contributed by atoms with Crippen LogP contribution < -0.4 is 5.73 Å². The van der Waals surface area contributed by atoms with E-state index in [9.17, 15) is 0 Å². The van der Waals surface area contributed by atoms with E-state index in [2.05, 4.69) is 5.73 Å². The summed E-state index contributed by atoms with van der Waals surface area (Å²) in [5.74, 6) is 0. The van der Waals surface area contributed by atoms with Crippen molar-refractivity contribution in [1.82, 2.24) is 0 Å². The summed E-state index contributed by atoms with van der Waals surface area (Å²) in [6.45, 7) is 2.25. The molecule has 1 atom stereocenters. The van der Waals surface area contributed by atoms with Crippen molar-refractivity contribution in [3.63, 3.8) is 0 Å². The Balaban J connectivity index is 2.63. The molecule has 0 bridgehead atoms. The maximum atomic E-state index is 8.20. The lowest BCUT2D eigenvalue weighted by molar-refractivity contribution is -0.415. The van der Waals surface area contributed by atoms with Crippen LogP contribution in [0.4, 0.5) is 0 Å². The van der Waals surface area contributed by atoms with Crippen molar-refractivity contribution < 1.29 is 10.8 Å². The quantitative estimate of drug-likeness (QED) is 0.449. The van der Waals surface area contributed by atoms with E-state index >= 15 is 0 Å². The molecule has 0 spiro atoms. The Morgan fingerprint density at radius 2 is 2.33 bits per heavy atom. The molecular weight excluding hydrogens is 78.0 g/mol. The van der Waals surface area contributed by atoms with Gasteiger partial charge in [0.05, 0.1) is 6.04 Å². The predicted molar refractivity (Wildman–Crippen MR) is 24.1 cm³/mol. The normalized spacial score (nSPS) is 14.5. The summed E-state index contributed by atoms with van der Waals surface area (Å²) in [5, 5.41) is 8.20. The molecule has 0 aromatic carbocycles. The Kier molecular flexibility index (Phi) is 3.08. The van der Waals surface area contributed by atoms with E-state index in [1.165, 1.54) is 0 Å². The minimum atomic E-state index is 0.269. The minimum absolute atomic E-state index is 0.269. The van der Waals surface area contributed by atoms with Gasteiger partial charge in [-0.15, -0.1) is 0 Å². The average molecular weight is 90.1 g/mol. The minimum Gasteiger partial charge on any atom is -0.396 e. The van der Waals surface area contributed by atoms with Crippen molar-refractivity contribution in [2.75, 3.05) is 6.61 Å². The zero-order valence-electron chi connectivity index (χ0n) is 4.15. The third-order valence-corrected chi connectivity index (χ3v) is 0.622. The van der Waals surface area contributed by atoms with Crippen LogP contribution in [0.3, 0.4) is 0 Å². The first-order chi connectivity index (χ1) is 2.77. The Morgan fingerprint density at radius 1 is 1.83 bits per heavy atom.